The van der Waals surface area contributed by atoms with Gasteiger partial charge in [0.1, 0.15) is 16.8 Å². The van der Waals surface area contributed by atoms with Crippen molar-refractivity contribution in [1.29, 1.82) is 0 Å². The molecule has 3 heterocycles. The molecule has 2 atom stereocenters. The van der Waals surface area contributed by atoms with E-state index in [2.05, 4.69) is 15.4 Å². The first-order valence-corrected chi connectivity index (χ1v) is 9.73. The largest absolute Gasteiger partial charge is 0.484 e. The Morgan fingerprint density at radius 3 is 2.38 bits per heavy atom. The van der Waals surface area contributed by atoms with E-state index in [-0.39, 0.29) is 18.4 Å². The maximum Gasteiger partial charge on any atom is 0.260 e. The number of likely N-dealkylation sites (tertiary alicyclic amines) is 2. The highest BCUT2D eigenvalue weighted by molar-refractivity contribution is 5.97. The number of aromatic amines is 1. The van der Waals surface area contributed by atoms with Gasteiger partial charge in [0.15, 0.2) is 6.61 Å². The summed E-state index contributed by atoms with van der Waals surface area (Å²) in [4.78, 5) is 29.1. The molecule has 148 valence electrons. The molecule has 2 aromatic carbocycles. The summed E-state index contributed by atoms with van der Waals surface area (Å²) < 4.78 is 5.58. The van der Waals surface area contributed by atoms with E-state index in [4.69, 9.17) is 4.74 Å². The molecule has 2 amide bonds. The third-order valence-electron chi connectivity index (χ3n) is 5.79. The van der Waals surface area contributed by atoms with Crippen molar-refractivity contribution in [2.75, 3.05) is 32.8 Å². The van der Waals surface area contributed by atoms with Gasteiger partial charge in [-0.15, -0.1) is 0 Å². The summed E-state index contributed by atoms with van der Waals surface area (Å²) in [6.45, 7) is 2.73. The molecule has 2 fully saturated rings. The molecule has 2 unspecified atom stereocenters. The zero-order chi connectivity index (χ0) is 19.8. The summed E-state index contributed by atoms with van der Waals surface area (Å²) in [6.07, 6.45) is 0. The lowest BCUT2D eigenvalue weighted by Gasteiger charge is -2.22. The number of hydrogen-bond donors (Lipinski definition) is 1. The quantitative estimate of drug-likeness (QED) is 0.729. The number of carbonyl (C=O) groups is 2. The number of nitrogens with one attached hydrogen (secondary N) is 1. The number of hydrogen-bond acceptors (Lipinski definition) is 5. The SMILES string of the molecule is O=C(COc1ccccc1)N1CC2CN(C(=O)c3ccc4n[nH]nc4c3)CC2C1. The Balaban J connectivity index is 1.17. The Morgan fingerprint density at radius 2 is 1.62 bits per heavy atom. The predicted octanol–water partition coefficient (Wildman–Crippen LogP) is 1.57. The molecule has 0 aliphatic carbocycles. The van der Waals surface area contributed by atoms with Crippen molar-refractivity contribution < 1.29 is 14.3 Å². The van der Waals surface area contributed by atoms with Gasteiger partial charge in [0, 0.05) is 43.6 Å². The number of benzene rings is 2. The van der Waals surface area contributed by atoms with Gasteiger partial charge in [0.25, 0.3) is 11.8 Å². The second-order valence-electron chi connectivity index (χ2n) is 7.66. The molecule has 1 aromatic heterocycles. The van der Waals surface area contributed by atoms with E-state index >= 15 is 0 Å². The van der Waals surface area contributed by atoms with Crippen molar-refractivity contribution in [3.05, 3.63) is 54.1 Å². The van der Waals surface area contributed by atoms with E-state index < -0.39 is 0 Å². The highest BCUT2D eigenvalue weighted by Crippen LogP contribution is 2.32. The average molecular weight is 391 g/mol. The maximum absolute atomic E-state index is 12.9. The molecule has 29 heavy (non-hydrogen) atoms. The van der Waals surface area contributed by atoms with Gasteiger partial charge in [-0.25, -0.2) is 0 Å². The van der Waals surface area contributed by atoms with Crippen LogP contribution < -0.4 is 4.74 Å². The van der Waals surface area contributed by atoms with E-state index in [9.17, 15) is 9.59 Å². The topological polar surface area (TPSA) is 91.4 Å². The second-order valence-corrected chi connectivity index (χ2v) is 7.66. The van der Waals surface area contributed by atoms with Crippen LogP contribution >= 0.6 is 0 Å². The standard InChI is InChI=1S/C21H21N5O3/c27-20(13-29-17-4-2-1-3-5-17)25-9-15-11-26(12-16(15)10-25)21(28)14-6-7-18-19(8-14)23-24-22-18/h1-8,15-16H,9-13H2,(H,22,23,24). The molecule has 0 saturated carbocycles. The number of para-hydroxylation sites is 1. The fourth-order valence-corrected chi connectivity index (χ4v) is 4.27. The molecule has 3 aromatic rings. The smallest absolute Gasteiger partial charge is 0.260 e. The second kappa shape index (κ2) is 7.20. The summed E-state index contributed by atoms with van der Waals surface area (Å²) in [5.74, 6) is 1.33. The molecule has 5 rings (SSSR count). The lowest BCUT2D eigenvalue weighted by Crippen LogP contribution is -2.37. The summed E-state index contributed by atoms with van der Waals surface area (Å²) in [5.41, 5.74) is 2.05. The lowest BCUT2D eigenvalue weighted by molar-refractivity contribution is -0.132. The highest BCUT2D eigenvalue weighted by atomic mass is 16.5. The highest BCUT2D eigenvalue weighted by Gasteiger charge is 2.43. The number of ether oxygens (including phenoxy) is 1. The van der Waals surface area contributed by atoms with Crippen LogP contribution in [0.1, 0.15) is 10.4 Å². The van der Waals surface area contributed by atoms with Gasteiger partial charge in [-0.3, -0.25) is 9.59 Å². The normalized spacial score (nSPS) is 20.8. The molecule has 8 nitrogen and oxygen atoms in total. The zero-order valence-electron chi connectivity index (χ0n) is 15.8. The number of fused-ring (bicyclic) bond motifs is 2. The first-order chi connectivity index (χ1) is 14.2. The molecule has 0 radical (unpaired) electrons. The fraction of sp³-hybridized carbons (Fsp3) is 0.333. The van der Waals surface area contributed by atoms with Crippen molar-refractivity contribution in [2.45, 2.75) is 0 Å². The van der Waals surface area contributed by atoms with Crippen LogP contribution in [0.2, 0.25) is 0 Å². The first kappa shape index (κ1) is 17.7. The van der Waals surface area contributed by atoms with Crippen molar-refractivity contribution in [3.8, 4) is 5.75 Å². The molecule has 2 aliphatic heterocycles. The van der Waals surface area contributed by atoms with Crippen LogP contribution in [-0.4, -0.2) is 69.8 Å². The minimum atomic E-state index is -0.00221. The third kappa shape index (κ3) is 3.41. The Morgan fingerprint density at radius 1 is 0.931 bits per heavy atom. The maximum atomic E-state index is 12.9. The van der Waals surface area contributed by atoms with E-state index in [1.165, 1.54) is 0 Å². The number of nitrogens with zero attached hydrogens (tertiary/aromatic N) is 4. The summed E-state index contributed by atoms with van der Waals surface area (Å²) in [7, 11) is 0. The molecular weight excluding hydrogens is 370 g/mol. The summed E-state index contributed by atoms with van der Waals surface area (Å²) >= 11 is 0. The molecule has 8 heteroatoms. The van der Waals surface area contributed by atoms with E-state index in [0.717, 1.165) is 5.52 Å². The van der Waals surface area contributed by atoms with E-state index in [1.807, 2.05) is 40.1 Å². The van der Waals surface area contributed by atoms with Gasteiger partial charge in [0.2, 0.25) is 0 Å². The molecule has 0 bridgehead atoms. The van der Waals surface area contributed by atoms with Crippen LogP contribution in [0, 0.1) is 11.8 Å². The predicted molar refractivity (Wildman–Crippen MR) is 105 cm³/mol. The number of aromatic nitrogens is 3. The number of rotatable bonds is 4. The Labute approximate surface area is 167 Å². The van der Waals surface area contributed by atoms with Crippen LogP contribution in [0.5, 0.6) is 5.75 Å². The Bertz CT molecular complexity index is 1040. The third-order valence-corrected chi connectivity index (χ3v) is 5.79. The lowest BCUT2D eigenvalue weighted by atomic mass is 10.0. The molecule has 2 saturated heterocycles. The van der Waals surface area contributed by atoms with Gasteiger partial charge in [-0.2, -0.15) is 15.4 Å². The first-order valence-electron chi connectivity index (χ1n) is 9.73. The minimum Gasteiger partial charge on any atom is -0.484 e. The van der Waals surface area contributed by atoms with Gasteiger partial charge >= 0.3 is 0 Å². The van der Waals surface area contributed by atoms with Gasteiger partial charge in [0.05, 0.1) is 0 Å². The fourth-order valence-electron chi connectivity index (χ4n) is 4.27. The average Bonchev–Trinajstić information content (AvgIpc) is 3.46. The monoisotopic (exact) mass is 391 g/mol. The van der Waals surface area contributed by atoms with Crippen molar-refractivity contribution in [3.63, 3.8) is 0 Å². The molecular formula is C21H21N5O3. The summed E-state index contributed by atoms with van der Waals surface area (Å²) in [6, 6.07) is 14.7. The molecule has 0 spiro atoms. The number of amides is 2. The van der Waals surface area contributed by atoms with Crippen molar-refractivity contribution in [2.24, 2.45) is 11.8 Å². The van der Waals surface area contributed by atoms with Crippen LogP contribution in [0.4, 0.5) is 0 Å². The molecule has 2 aliphatic rings. The van der Waals surface area contributed by atoms with Crippen LogP contribution in [-0.2, 0) is 4.79 Å². The minimum absolute atomic E-state index is 0.00221. The Kier molecular flexibility index (Phi) is 4.38. The van der Waals surface area contributed by atoms with E-state index in [0.29, 0.717) is 54.8 Å². The van der Waals surface area contributed by atoms with E-state index in [1.54, 1.807) is 18.2 Å². The number of H-pyrrole nitrogens is 1. The molecule has 1 N–H and O–H groups in total. The number of carbonyl (C=O) groups excluding carboxylic acids is 2. The van der Waals surface area contributed by atoms with Crippen LogP contribution in [0.3, 0.4) is 0 Å². The van der Waals surface area contributed by atoms with Crippen molar-refractivity contribution >= 4 is 22.8 Å². The van der Waals surface area contributed by atoms with Gasteiger partial charge in [-0.1, -0.05) is 18.2 Å². The Hall–Kier alpha value is -3.42. The van der Waals surface area contributed by atoms with Crippen molar-refractivity contribution in [1.82, 2.24) is 25.2 Å². The van der Waals surface area contributed by atoms with Crippen LogP contribution in [0.25, 0.3) is 11.0 Å². The van der Waals surface area contributed by atoms with Crippen LogP contribution in [0.15, 0.2) is 48.5 Å². The zero-order valence-corrected chi connectivity index (χ0v) is 15.8. The summed E-state index contributed by atoms with van der Waals surface area (Å²) in [5, 5.41) is 10.6. The van der Waals surface area contributed by atoms with Gasteiger partial charge < -0.3 is 14.5 Å². The van der Waals surface area contributed by atoms with Gasteiger partial charge in [-0.05, 0) is 30.3 Å².